The van der Waals surface area contributed by atoms with Gasteiger partial charge in [-0.1, -0.05) is 12.1 Å². The Morgan fingerprint density at radius 3 is 2.78 bits per heavy atom. The number of phenols is 1. The first kappa shape index (κ1) is 12.7. The fourth-order valence-corrected chi connectivity index (χ4v) is 1.88. The van der Waals surface area contributed by atoms with Crippen LogP contribution < -0.4 is 10.5 Å². The van der Waals surface area contributed by atoms with Gasteiger partial charge in [0.15, 0.2) is 0 Å². The fraction of sp³-hybridized carbons (Fsp3) is 0.0769. The molecule has 2 aromatic rings. The van der Waals surface area contributed by atoms with Gasteiger partial charge in [-0.15, -0.1) is 0 Å². The Labute approximate surface area is 112 Å². The number of para-hydroxylation sites is 1. The van der Waals surface area contributed by atoms with E-state index in [-0.39, 0.29) is 23.9 Å². The van der Waals surface area contributed by atoms with Crippen LogP contribution in [0.1, 0.15) is 5.56 Å². The molecule has 2 rings (SSSR count). The van der Waals surface area contributed by atoms with Gasteiger partial charge in [-0.3, -0.25) is 0 Å². The number of hydrogen-bond donors (Lipinski definition) is 2. The predicted molar refractivity (Wildman–Crippen MR) is 71.0 cm³/mol. The molecular formula is C13H11BrFNO2. The van der Waals surface area contributed by atoms with Gasteiger partial charge >= 0.3 is 0 Å². The van der Waals surface area contributed by atoms with Crippen molar-refractivity contribution in [2.75, 3.05) is 5.73 Å². The van der Waals surface area contributed by atoms with E-state index in [0.717, 1.165) is 5.56 Å². The van der Waals surface area contributed by atoms with Crippen molar-refractivity contribution in [2.24, 2.45) is 0 Å². The first-order valence-corrected chi connectivity index (χ1v) is 6.01. The molecule has 18 heavy (non-hydrogen) atoms. The molecule has 0 radical (unpaired) electrons. The number of aromatic hydroxyl groups is 1. The highest BCUT2D eigenvalue weighted by atomic mass is 79.9. The number of nitrogens with two attached hydrogens (primary N) is 1. The number of halogens is 2. The molecule has 3 N–H and O–H groups in total. The second kappa shape index (κ2) is 5.27. The highest BCUT2D eigenvalue weighted by molar-refractivity contribution is 9.10. The molecule has 2 aromatic carbocycles. The smallest absolute Gasteiger partial charge is 0.146 e. The fourth-order valence-electron chi connectivity index (χ4n) is 1.45. The number of ether oxygens (including phenoxy) is 1. The molecule has 0 saturated heterocycles. The van der Waals surface area contributed by atoms with Gasteiger partial charge in [0.1, 0.15) is 29.6 Å². The molecule has 3 nitrogen and oxygen atoms in total. The van der Waals surface area contributed by atoms with Gasteiger partial charge in [0.05, 0.1) is 4.47 Å². The summed E-state index contributed by atoms with van der Waals surface area (Å²) < 4.78 is 18.9. The molecule has 0 amide bonds. The highest BCUT2D eigenvalue weighted by Crippen LogP contribution is 2.30. The Morgan fingerprint density at radius 2 is 2.06 bits per heavy atom. The van der Waals surface area contributed by atoms with Crippen LogP contribution in [0.3, 0.4) is 0 Å². The Balaban J connectivity index is 2.11. The molecule has 0 atom stereocenters. The third kappa shape index (κ3) is 2.73. The Bertz CT molecular complexity index is 575. The molecule has 0 unspecified atom stereocenters. The van der Waals surface area contributed by atoms with E-state index in [1.54, 1.807) is 24.3 Å². The largest absolute Gasteiger partial charge is 0.506 e. The highest BCUT2D eigenvalue weighted by Gasteiger charge is 2.06. The van der Waals surface area contributed by atoms with Crippen LogP contribution in [0, 0.1) is 5.82 Å². The van der Waals surface area contributed by atoms with Crippen molar-refractivity contribution in [3.8, 4) is 11.5 Å². The molecule has 0 aliphatic rings. The number of rotatable bonds is 3. The molecule has 5 heteroatoms. The second-order valence-electron chi connectivity index (χ2n) is 3.73. The van der Waals surface area contributed by atoms with Crippen molar-refractivity contribution in [1.29, 1.82) is 0 Å². The first-order valence-electron chi connectivity index (χ1n) is 5.22. The van der Waals surface area contributed by atoms with Crippen molar-refractivity contribution in [3.63, 3.8) is 0 Å². The van der Waals surface area contributed by atoms with E-state index in [1.807, 2.05) is 0 Å². The zero-order valence-electron chi connectivity index (χ0n) is 9.36. The van der Waals surface area contributed by atoms with Crippen LogP contribution in [0.4, 0.5) is 10.1 Å². The molecule has 94 valence electrons. The Morgan fingerprint density at radius 1 is 1.28 bits per heavy atom. The van der Waals surface area contributed by atoms with E-state index >= 15 is 0 Å². The van der Waals surface area contributed by atoms with Gasteiger partial charge in [0.25, 0.3) is 0 Å². The van der Waals surface area contributed by atoms with Crippen LogP contribution in [-0.4, -0.2) is 5.11 Å². The zero-order chi connectivity index (χ0) is 13.1. The van der Waals surface area contributed by atoms with Crippen LogP contribution in [-0.2, 0) is 6.61 Å². The molecule has 0 fully saturated rings. The van der Waals surface area contributed by atoms with Crippen molar-refractivity contribution >= 4 is 21.6 Å². The molecule has 0 saturated carbocycles. The summed E-state index contributed by atoms with van der Waals surface area (Å²) in [5.41, 5.74) is 6.65. The number of nitrogen functional groups attached to an aromatic ring is 1. The Hall–Kier alpha value is -1.75. The van der Waals surface area contributed by atoms with E-state index in [9.17, 15) is 9.50 Å². The van der Waals surface area contributed by atoms with Gasteiger partial charge in [0.2, 0.25) is 0 Å². The third-order valence-corrected chi connectivity index (χ3v) is 3.03. The topological polar surface area (TPSA) is 55.5 Å². The summed E-state index contributed by atoms with van der Waals surface area (Å²) in [5, 5.41) is 9.42. The maximum Gasteiger partial charge on any atom is 0.146 e. The summed E-state index contributed by atoms with van der Waals surface area (Å²) in [5.74, 6) is 0.0545. The summed E-state index contributed by atoms with van der Waals surface area (Å²) in [4.78, 5) is 0. The molecule has 0 spiro atoms. The average molecular weight is 312 g/mol. The molecule has 0 heterocycles. The normalized spacial score (nSPS) is 10.3. The summed E-state index contributed by atoms with van der Waals surface area (Å²) in [6.07, 6.45) is 0. The molecular weight excluding hydrogens is 301 g/mol. The lowest BCUT2D eigenvalue weighted by Crippen LogP contribution is -1.99. The molecule has 0 aromatic heterocycles. The number of benzene rings is 2. The minimum absolute atomic E-state index is 0.0206. The molecule has 0 aliphatic carbocycles. The van der Waals surface area contributed by atoms with Crippen LogP contribution in [0.25, 0.3) is 0 Å². The van der Waals surface area contributed by atoms with Crippen molar-refractivity contribution in [2.45, 2.75) is 6.61 Å². The van der Waals surface area contributed by atoms with Crippen LogP contribution in [0.15, 0.2) is 40.9 Å². The van der Waals surface area contributed by atoms with Crippen molar-refractivity contribution in [3.05, 3.63) is 52.3 Å². The van der Waals surface area contributed by atoms with Crippen LogP contribution in [0.2, 0.25) is 0 Å². The predicted octanol–water partition coefficient (Wildman–Crippen LogP) is 3.46. The number of phenolic OH excluding ortho intramolecular Hbond substituents is 1. The van der Waals surface area contributed by atoms with Crippen LogP contribution in [0.5, 0.6) is 11.5 Å². The van der Waals surface area contributed by atoms with E-state index in [1.165, 1.54) is 12.1 Å². The maximum absolute atomic E-state index is 13.0. The summed E-state index contributed by atoms with van der Waals surface area (Å²) >= 11 is 3.10. The van der Waals surface area contributed by atoms with E-state index in [2.05, 4.69) is 15.9 Å². The monoisotopic (exact) mass is 311 g/mol. The summed E-state index contributed by atoms with van der Waals surface area (Å²) in [7, 11) is 0. The SMILES string of the molecule is Nc1c(O)cccc1OCc1ccc(F)c(Br)c1. The third-order valence-electron chi connectivity index (χ3n) is 2.42. The maximum atomic E-state index is 13.0. The standard InChI is InChI=1S/C13H11BrFNO2/c14-9-6-8(4-5-10(9)15)7-18-12-3-1-2-11(17)13(12)16/h1-6,17H,7,16H2. The lowest BCUT2D eigenvalue weighted by molar-refractivity contribution is 0.306. The minimum atomic E-state index is -0.324. The lowest BCUT2D eigenvalue weighted by Gasteiger charge is -2.10. The van der Waals surface area contributed by atoms with Crippen LogP contribution >= 0.6 is 15.9 Å². The van der Waals surface area contributed by atoms with Gasteiger partial charge < -0.3 is 15.6 Å². The van der Waals surface area contributed by atoms with Gasteiger partial charge in [-0.2, -0.15) is 0 Å². The lowest BCUT2D eigenvalue weighted by atomic mass is 10.2. The minimum Gasteiger partial charge on any atom is -0.506 e. The summed E-state index contributed by atoms with van der Waals surface area (Å²) in [6, 6.07) is 9.40. The number of anilines is 1. The van der Waals surface area contributed by atoms with Gasteiger partial charge in [-0.25, -0.2) is 4.39 Å². The van der Waals surface area contributed by atoms with Gasteiger partial charge in [-0.05, 0) is 45.8 Å². The Kier molecular flexibility index (Phi) is 3.72. The van der Waals surface area contributed by atoms with Crippen molar-refractivity contribution < 1.29 is 14.2 Å². The van der Waals surface area contributed by atoms with E-state index < -0.39 is 0 Å². The van der Waals surface area contributed by atoms with Gasteiger partial charge in [0, 0.05) is 0 Å². The van der Waals surface area contributed by atoms with E-state index in [4.69, 9.17) is 10.5 Å². The summed E-state index contributed by atoms with van der Waals surface area (Å²) in [6.45, 7) is 0.243. The van der Waals surface area contributed by atoms with Crippen molar-refractivity contribution in [1.82, 2.24) is 0 Å². The quantitative estimate of drug-likeness (QED) is 0.674. The average Bonchev–Trinajstić information content (AvgIpc) is 2.35. The molecule has 0 aliphatic heterocycles. The zero-order valence-corrected chi connectivity index (χ0v) is 10.9. The molecule has 0 bridgehead atoms. The second-order valence-corrected chi connectivity index (χ2v) is 4.58. The first-order chi connectivity index (χ1) is 8.58. The van der Waals surface area contributed by atoms with E-state index in [0.29, 0.717) is 10.2 Å². The number of hydrogen-bond acceptors (Lipinski definition) is 3.